The molecule has 1 aliphatic rings. The highest BCUT2D eigenvalue weighted by molar-refractivity contribution is 6.05. The number of allylic oxidation sites excluding steroid dienone is 1. The number of ether oxygens (including phenoxy) is 2. The zero-order valence-electron chi connectivity index (χ0n) is 11.8. The van der Waals surface area contributed by atoms with E-state index in [0.717, 1.165) is 6.29 Å². The molecule has 5 nitrogen and oxygen atoms in total. The van der Waals surface area contributed by atoms with Gasteiger partial charge in [-0.25, -0.2) is 0 Å². The first kappa shape index (κ1) is 15.4. The van der Waals surface area contributed by atoms with E-state index in [1.165, 1.54) is 14.2 Å². The molecule has 0 N–H and O–H groups in total. The Hall–Kier alpha value is -1.65. The van der Waals surface area contributed by atoms with E-state index in [2.05, 4.69) is 0 Å². The lowest BCUT2D eigenvalue weighted by atomic mass is 9.81. The second-order valence-electron chi connectivity index (χ2n) is 4.98. The largest absolute Gasteiger partial charge is 0.499 e. The fourth-order valence-electron chi connectivity index (χ4n) is 2.69. The maximum Gasteiger partial charge on any atom is 0.320 e. The summed E-state index contributed by atoms with van der Waals surface area (Å²) in [6, 6.07) is 0. The molecule has 1 rings (SSSR count). The third-order valence-corrected chi connectivity index (χ3v) is 3.49. The van der Waals surface area contributed by atoms with Gasteiger partial charge in [-0.1, -0.05) is 13.8 Å². The molecule has 0 aromatic heterocycles. The zero-order chi connectivity index (χ0) is 14.6. The number of aldehydes is 1. The summed E-state index contributed by atoms with van der Waals surface area (Å²) in [6.45, 7) is 3.75. The first-order valence-corrected chi connectivity index (χ1v) is 6.28. The number of Topliss-reactive ketones (excluding diaryl/α,β-unsaturated/α-hetero) is 1. The maximum atomic E-state index is 12.2. The monoisotopic (exact) mass is 268 g/mol. The highest BCUT2D eigenvalue weighted by Crippen LogP contribution is 2.47. The van der Waals surface area contributed by atoms with Crippen LogP contribution < -0.4 is 0 Å². The molecule has 0 saturated heterocycles. The third kappa shape index (κ3) is 2.55. The number of hydrogen-bond donors (Lipinski definition) is 0. The molecule has 106 valence electrons. The van der Waals surface area contributed by atoms with Crippen LogP contribution in [0.1, 0.15) is 33.1 Å². The van der Waals surface area contributed by atoms with Gasteiger partial charge in [0.2, 0.25) is 0 Å². The molecule has 19 heavy (non-hydrogen) atoms. The summed E-state index contributed by atoms with van der Waals surface area (Å²) in [5.74, 6) is -0.301. The van der Waals surface area contributed by atoms with E-state index in [9.17, 15) is 14.4 Å². The van der Waals surface area contributed by atoms with Crippen LogP contribution in [0.3, 0.4) is 0 Å². The van der Waals surface area contributed by atoms with Crippen molar-refractivity contribution in [2.24, 2.45) is 11.3 Å². The van der Waals surface area contributed by atoms with Crippen LogP contribution in [0.25, 0.3) is 0 Å². The number of carbonyl (C=O) groups is 3. The van der Waals surface area contributed by atoms with Crippen molar-refractivity contribution >= 4 is 18.0 Å². The average molecular weight is 268 g/mol. The molecule has 0 heterocycles. The minimum Gasteiger partial charge on any atom is -0.499 e. The number of hydrogen-bond acceptors (Lipinski definition) is 5. The fraction of sp³-hybridized carbons (Fsp3) is 0.643. The van der Waals surface area contributed by atoms with Gasteiger partial charge in [0.05, 0.1) is 14.2 Å². The van der Waals surface area contributed by atoms with Crippen LogP contribution in [0.4, 0.5) is 0 Å². The number of methoxy groups -OCH3 is 2. The molecule has 0 bridgehead atoms. The molecule has 0 fully saturated rings. The molecular weight excluding hydrogens is 248 g/mol. The quantitative estimate of drug-likeness (QED) is 0.541. The number of carbonyl (C=O) groups excluding carboxylic acids is 3. The average Bonchev–Trinajstić information content (AvgIpc) is 2.68. The Balaban J connectivity index is 3.35. The Labute approximate surface area is 112 Å². The molecule has 0 amide bonds. The summed E-state index contributed by atoms with van der Waals surface area (Å²) in [5, 5.41) is 0. The summed E-state index contributed by atoms with van der Waals surface area (Å²) in [4.78, 5) is 34.9. The molecule has 0 aliphatic heterocycles. The van der Waals surface area contributed by atoms with E-state index >= 15 is 0 Å². The van der Waals surface area contributed by atoms with Crippen molar-refractivity contribution in [2.75, 3.05) is 14.2 Å². The van der Waals surface area contributed by atoms with Crippen LogP contribution in [-0.2, 0) is 23.9 Å². The molecule has 0 aromatic rings. The lowest BCUT2D eigenvalue weighted by molar-refractivity contribution is -0.153. The molecule has 0 radical (unpaired) electrons. The van der Waals surface area contributed by atoms with Crippen molar-refractivity contribution in [3.8, 4) is 0 Å². The van der Waals surface area contributed by atoms with Gasteiger partial charge in [-0.2, -0.15) is 0 Å². The van der Waals surface area contributed by atoms with Gasteiger partial charge in [0.25, 0.3) is 0 Å². The Morgan fingerprint density at radius 2 is 2.05 bits per heavy atom. The van der Waals surface area contributed by atoms with Crippen molar-refractivity contribution in [1.82, 2.24) is 0 Å². The number of esters is 1. The highest BCUT2D eigenvalue weighted by atomic mass is 16.5. The standard InChI is InChI=1S/C14H20O5/c1-9(2)11-10(16)8-14(6-5-7-15,12(11)18-3)13(17)19-4/h7,9H,5-6,8H2,1-4H3/t14-/m0/s1. The van der Waals surface area contributed by atoms with Crippen LogP contribution in [0.15, 0.2) is 11.3 Å². The van der Waals surface area contributed by atoms with Gasteiger partial charge >= 0.3 is 5.97 Å². The van der Waals surface area contributed by atoms with E-state index in [1.807, 2.05) is 13.8 Å². The number of rotatable bonds is 6. The van der Waals surface area contributed by atoms with Gasteiger partial charge in [-0.15, -0.1) is 0 Å². The van der Waals surface area contributed by atoms with Crippen molar-refractivity contribution in [3.05, 3.63) is 11.3 Å². The minimum atomic E-state index is -1.14. The third-order valence-electron chi connectivity index (χ3n) is 3.49. The van der Waals surface area contributed by atoms with Crippen LogP contribution in [0.2, 0.25) is 0 Å². The van der Waals surface area contributed by atoms with Crippen molar-refractivity contribution in [1.29, 1.82) is 0 Å². The van der Waals surface area contributed by atoms with E-state index in [1.54, 1.807) is 0 Å². The second kappa shape index (κ2) is 5.99. The first-order chi connectivity index (χ1) is 8.94. The van der Waals surface area contributed by atoms with E-state index in [0.29, 0.717) is 11.3 Å². The Kier molecular flexibility index (Phi) is 4.86. The predicted octanol–water partition coefficient (Wildman–Crippen LogP) is 1.65. The summed E-state index contributed by atoms with van der Waals surface area (Å²) in [5.41, 5.74) is -0.611. The second-order valence-corrected chi connectivity index (χ2v) is 4.98. The Bertz CT molecular complexity index is 422. The molecule has 1 aliphatic carbocycles. The van der Waals surface area contributed by atoms with Crippen LogP contribution >= 0.6 is 0 Å². The van der Waals surface area contributed by atoms with Crippen molar-refractivity contribution < 1.29 is 23.9 Å². The van der Waals surface area contributed by atoms with Crippen molar-refractivity contribution in [3.63, 3.8) is 0 Å². The van der Waals surface area contributed by atoms with Gasteiger partial charge in [0.1, 0.15) is 17.5 Å². The minimum absolute atomic E-state index is 0.0181. The summed E-state index contributed by atoms with van der Waals surface area (Å²) < 4.78 is 10.2. The molecule has 1 atom stereocenters. The Morgan fingerprint density at radius 3 is 2.47 bits per heavy atom. The maximum absolute atomic E-state index is 12.2. The highest BCUT2D eigenvalue weighted by Gasteiger charge is 2.53. The van der Waals surface area contributed by atoms with E-state index in [-0.39, 0.29) is 31.0 Å². The van der Waals surface area contributed by atoms with E-state index in [4.69, 9.17) is 9.47 Å². The first-order valence-electron chi connectivity index (χ1n) is 6.28. The topological polar surface area (TPSA) is 69.7 Å². The van der Waals surface area contributed by atoms with Gasteiger partial charge in [-0.3, -0.25) is 9.59 Å². The molecule has 5 heteroatoms. The van der Waals surface area contributed by atoms with Gasteiger partial charge < -0.3 is 14.3 Å². The number of ketones is 1. The zero-order valence-corrected chi connectivity index (χ0v) is 11.8. The van der Waals surface area contributed by atoms with E-state index < -0.39 is 11.4 Å². The lowest BCUT2D eigenvalue weighted by Crippen LogP contribution is -2.33. The molecule has 0 aromatic carbocycles. The van der Waals surface area contributed by atoms with Gasteiger partial charge in [0.15, 0.2) is 5.78 Å². The smallest absolute Gasteiger partial charge is 0.320 e. The molecule has 0 unspecified atom stereocenters. The van der Waals surface area contributed by atoms with Gasteiger partial charge in [-0.05, 0) is 12.3 Å². The Morgan fingerprint density at radius 1 is 1.42 bits per heavy atom. The fourth-order valence-corrected chi connectivity index (χ4v) is 2.69. The molecular formula is C14H20O5. The van der Waals surface area contributed by atoms with Crippen molar-refractivity contribution in [2.45, 2.75) is 33.1 Å². The van der Waals surface area contributed by atoms with Gasteiger partial charge in [0, 0.05) is 18.4 Å². The predicted molar refractivity (Wildman–Crippen MR) is 68.2 cm³/mol. The summed E-state index contributed by atoms with van der Waals surface area (Å²) >= 11 is 0. The SMILES string of the molecule is COC(=O)[C@@]1(CCC=O)CC(=O)C(C(C)C)=C1OC. The van der Waals surface area contributed by atoms with Crippen LogP contribution in [0.5, 0.6) is 0 Å². The normalized spacial score (nSPS) is 22.9. The molecule has 0 saturated carbocycles. The molecule has 0 spiro atoms. The summed E-state index contributed by atoms with van der Waals surface area (Å²) in [7, 11) is 2.71. The summed E-state index contributed by atoms with van der Waals surface area (Å²) in [6.07, 6.45) is 1.16. The van der Waals surface area contributed by atoms with Crippen LogP contribution in [-0.4, -0.2) is 32.3 Å². The lowest BCUT2D eigenvalue weighted by Gasteiger charge is -2.27. The van der Waals surface area contributed by atoms with Crippen LogP contribution in [0, 0.1) is 11.3 Å².